The van der Waals surface area contributed by atoms with Gasteiger partial charge in [-0.3, -0.25) is 4.98 Å². The molecule has 0 aliphatic heterocycles. The first-order valence-electron chi connectivity index (χ1n) is 8.69. The first-order chi connectivity index (χ1) is 13.8. The number of nitrogens with zero attached hydrogens (tertiary/aromatic N) is 2. The van der Waals surface area contributed by atoms with E-state index in [2.05, 4.69) is 10.3 Å². The molecular weight excluding hydrogens is 419 g/mol. The van der Waals surface area contributed by atoms with Crippen molar-refractivity contribution in [3.8, 4) is 0 Å². The molecule has 2 aromatic carbocycles. The zero-order valence-corrected chi connectivity index (χ0v) is 16.7. The van der Waals surface area contributed by atoms with E-state index >= 15 is 0 Å². The molecule has 1 N–H and O–H groups in total. The highest BCUT2D eigenvalue weighted by atomic mass is 35.5. The van der Waals surface area contributed by atoms with Crippen LogP contribution in [0.3, 0.4) is 0 Å². The van der Waals surface area contributed by atoms with Gasteiger partial charge < -0.3 is 10.2 Å². The molecule has 0 spiro atoms. The average Bonchev–Trinajstić information content (AvgIpc) is 2.70. The van der Waals surface area contributed by atoms with Crippen LogP contribution >= 0.6 is 23.8 Å². The number of nitrogens with one attached hydrogen (secondary N) is 1. The lowest BCUT2D eigenvalue weighted by Gasteiger charge is -2.26. The van der Waals surface area contributed by atoms with Crippen LogP contribution in [-0.2, 0) is 19.3 Å². The highest BCUT2D eigenvalue weighted by molar-refractivity contribution is 7.80. The van der Waals surface area contributed by atoms with Crippen molar-refractivity contribution in [1.82, 2.24) is 9.88 Å². The van der Waals surface area contributed by atoms with E-state index in [4.69, 9.17) is 23.8 Å². The first-order valence-corrected chi connectivity index (χ1v) is 9.48. The Morgan fingerprint density at radius 2 is 1.72 bits per heavy atom. The molecule has 0 saturated heterocycles. The third kappa shape index (κ3) is 5.92. The Balaban J connectivity index is 1.84. The standard InChI is InChI=1S/C21H17ClF3N3S/c22-18-10-9-16(21(23,24)25)12-19(18)27-20(29)28(13-15-6-2-1-3-7-15)14-17-8-4-5-11-26-17/h1-12H,13-14H2,(H,27,29). The van der Waals surface area contributed by atoms with E-state index in [9.17, 15) is 13.2 Å². The zero-order chi connectivity index (χ0) is 20.9. The van der Waals surface area contributed by atoms with Gasteiger partial charge in [-0.25, -0.2) is 0 Å². The second kappa shape index (κ2) is 9.24. The molecule has 3 aromatic rings. The molecule has 0 unspecified atom stereocenters. The Morgan fingerprint density at radius 1 is 1.00 bits per heavy atom. The fourth-order valence-corrected chi connectivity index (χ4v) is 3.09. The van der Waals surface area contributed by atoms with Crippen molar-refractivity contribution in [2.45, 2.75) is 19.3 Å². The van der Waals surface area contributed by atoms with Crippen LogP contribution in [0.5, 0.6) is 0 Å². The van der Waals surface area contributed by atoms with Gasteiger partial charge in [-0.05, 0) is 48.1 Å². The van der Waals surface area contributed by atoms with Crippen LogP contribution < -0.4 is 5.32 Å². The van der Waals surface area contributed by atoms with Gasteiger partial charge in [-0.15, -0.1) is 0 Å². The van der Waals surface area contributed by atoms with Gasteiger partial charge in [0.1, 0.15) is 0 Å². The van der Waals surface area contributed by atoms with Crippen molar-refractivity contribution in [3.63, 3.8) is 0 Å². The van der Waals surface area contributed by atoms with E-state index in [0.29, 0.717) is 13.1 Å². The minimum Gasteiger partial charge on any atom is -0.339 e. The van der Waals surface area contributed by atoms with Gasteiger partial charge in [-0.2, -0.15) is 13.2 Å². The molecule has 8 heteroatoms. The lowest BCUT2D eigenvalue weighted by Crippen LogP contribution is -2.34. The van der Waals surface area contributed by atoms with Crippen molar-refractivity contribution in [2.75, 3.05) is 5.32 Å². The van der Waals surface area contributed by atoms with Gasteiger partial charge in [0.25, 0.3) is 0 Å². The van der Waals surface area contributed by atoms with E-state index in [1.54, 1.807) is 6.20 Å². The number of thiocarbonyl (C=S) groups is 1. The number of hydrogen-bond acceptors (Lipinski definition) is 2. The molecule has 0 saturated carbocycles. The van der Waals surface area contributed by atoms with Crippen molar-refractivity contribution >= 4 is 34.6 Å². The van der Waals surface area contributed by atoms with Crippen molar-refractivity contribution in [1.29, 1.82) is 0 Å². The number of aromatic nitrogens is 1. The van der Waals surface area contributed by atoms with Gasteiger partial charge in [0, 0.05) is 12.7 Å². The fourth-order valence-electron chi connectivity index (χ4n) is 2.68. The Hall–Kier alpha value is -2.64. The number of rotatable bonds is 5. The van der Waals surface area contributed by atoms with Crippen LogP contribution in [0.1, 0.15) is 16.8 Å². The van der Waals surface area contributed by atoms with E-state index in [-0.39, 0.29) is 15.8 Å². The summed E-state index contributed by atoms with van der Waals surface area (Å²) in [7, 11) is 0. The summed E-state index contributed by atoms with van der Waals surface area (Å²) < 4.78 is 39.1. The van der Waals surface area contributed by atoms with Crippen LogP contribution in [0.2, 0.25) is 5.02 Å². The Morgan fingerprint density at radius 3 is 2.38 bits per heavy atom. The lowest BCUT2D eigenvalue weighted by molar-refractivity contribution is -0.137. The second-order valence-corrected chi connectivity index (χ2v) is 7.08. The van der Waals surface area contributed by atoms with Crippen molar-refractivity contribution in [2.24, 2.45) is 0 Å². The van der Waals surface area contributed by atoms with E-state index < -0.39 is 11.7 Å². The first kappa shape index (κ1) is 21.1. The maximum Gasteiger partial charge on any atom is 0.416 e. The normalized spacial score (nSPS) is 11.2. The highest BCUT2D eigenvalue weighted by Gasteiger charge is 2.31. The molecule has 150 valence electrons. The molecule has 0 bridgehead atoms. The molecular formula is C21H17ClF3N3S. The van der Waals surface area contributed by atoms with E-state index in [1.165, 1.54) is 6.07 Å². The highest BCUT2D eigenvalue weighted by Crippen LogP contribution is 2.34. The smallest absolute Gasteiger partial charge is 0.339 e. The molecule has 1 heterocycles. The molecule has 0 amide bonds. The Kier molecular flexibility index (Phi) is 6.71. The number of halogens is 4. The van der Waals surface area contributed by atoms with Gasteiger partial charge >= 0.3 is 6.18 Å². The predicted octanol–water partition coefficient (Wildman–Crippen LogP) is 6.15. The van der Waals surface area contributed by atoms with Crippen LogP contribution in [0, 0.1) is 0 Å². The van der Waals surface area contributed by atoms with Crippen LogP contribution in [0.4, 0.5) is 18.9 Å². The minimum absolute atomic E-state index is 0.102. The van der Waals surface area contributed by atoms with E-state index in [1.807, 2.05) is 53.4 Å². The number of benzene rings is 2. The topological polar surface area (TPSA) is 28.2 Å². The van der Waals surface area contributed by atoms with Crippen molar-refractivity contribution in [3.05, 3.63) is 94.8 Å². The average molecular weight is 436 g/mol. The summed E-state index contributed by atoms with van der Waals surface area (Å²) in [6.07, 6.45) is -2.80. The SMILES string of the molecule is FC(F)(F)c1ccc(Cl)c(NC(=S)N(Cc2ccccc2)Cc2ccccn2)c1. The van der Waals surface area contributed by atoms with E-state index in [0.717, 1.165) is 23.4 Å². The number of alkyl halides is 3. The molecule has 0 fully saturated rings. The quantitative estimate of drug-likeness (QED) is 0.486. The number of pyridine rings is 1. The minimum atomic E-state index is -4.47. The van der Waals surface area contributed by atoms with Gasteiger partial charge in [0.2, 0.25) is 0 Å². The Labute approximate surface area is 177 Å². The summed E-state index contributed by atoms with van der Waals surface area (Å²) in [4.78, 5) is 6.13. The summed E-state index contributed by atoms with van der Waals surface area (Å²) in [6, 6.07) is 18.3. The fraction of sp³-hybridized carbons (Fsp3) is 0.143. The lowest BCUT2D eigenvalue weighted by atomic mass is 10.2. The maximum atomic E-state index is 13.0. The second-order valence-electron chi connectivity index (χ2n) is 6.29. The number of anilines is 1. The molecule has 3 rings (SSSR count). The van der Waals surface area contributed by atoms with Gasteiger partial charge in [0.05, 0.1) is 28.5 Å². The number of hydrogen-bond donors (Lipinski definition) is 1. The summed E-state index contributed by atoms with van der Waals surface area (Å²) in [5.41, 5.74) is 1.09. The maximum absolute atomic E-state index is 13.0. The molecule has 3 nitrogen and oxygen atoms in total. The zero-order valence-electron chi connectivity index (χ0n) is 15.2. The molecule has 0 aliphatic rings. The van der Waals surface area contributed by atoms with Crippen molar-refractivity contribution < 1.29 is 13.2 Å². The Bertz CT molecular complexity index is 924. The largest absolute Gasteiger partial charge is 0.416 e. The molecule has 0 aliphatic carbocycles. The van der Waals surface area contributed by atoms with Gasteiger partial charge in [0.15, 0.2) is 5.11 Å². The summed E-state index contributed by atoms with van der Waals surface area (Å²) in [5, 5.41) is 3.26. The van der Waals surface area contributed by atoms with Crippen LogP contribution in [0.15, 0.2) is 72.9 Å². The monoisotopic (exact) mass is 435 g/mol. The third-order valence-electron chi connectivity index (χ3n) is 4.12. The summed E-state index contributed by atoms with van der Waals surface area (Å²) in [6.45, 7) is 0.845. The summed E-state index contributed by atoms with van der Waals surface area (Å²) >= 11 is 11.6. The summed E-state index contributed by atoms with van der Waals surface area (Å²) in [5.74, 6) is 0. The van der Waals surface area contributed by atoms with Gasteiger partial charge in [-0.1, -0.05) is 48.0 Å². The van der Waals surface area contributed by atoms with Crippen LogP contribution in [-0.4, -0.2) is 15.0 Å². The molecule has 29 heavy (non-hydrogen) atoms. The predicted molar refractivity (Wildman–Crippen MR) is 113 cm³/mol. The molecule has 0 radical (unpaired) electrons. The third-order valence-corrected chi connectivity index (χ3v) is 4.81. The molecule has 1 aromatic heterocycles. The van der Waals surface area contributed by atoms with Crippen LogP contribution in [0.25, 0.3) is 0 Å². The molecule has 0 atom stereocenters.